The number of hydrogen-bond acceptors (Lipinski definition) is 4. The van der Waals surface area contributed by atoms with Crippen LogP contribution in [-0.2, 0) is 16.1 Å². The topological polar surface area (TPSA) is 62.3 Å². The Kier molecular flexibility index (Phi) is 3.70. The van der Waals surface area contributed by atoms with Crippen molar-refractivity contribution in [2.75, 3.05) is 0 Å². The lowest BCUT2D eigenvalue weighted by Crippen LogP contribution is -2.58. The van der Waals surface area contributed by atoms with Gasteiger partial charge in [-0.25, -0.2) is 4.98 Å². The van der Waals surface area contributed by atoms with Crippen LogP contribution in [0.3, 0.4) is 0 Å². The number of piperazine rings is 1. The van der Waals surface area contributed by atoms with Gasteiger partial charge in [0.2, 0.25) is 5.91 Å². The zero-order valence-electron chi connectivity index (χ0n) is 11.5. The largest absolute Gasteiger partial charge is 0.339 e. The first-order valence-electron chi connectivity index (χ1n) is 6.69. The first kappa shape index (κ1) is 13.8. The van der Waals surface area contributed by atoms with E-state index in [0.29, 0.717) is 6.54 Å². The number of nitrogens with zero attached hydrogens (tertiary/aromatic N) is 2. The molecule has 2 aromatic rings. The number of carbonyl (C=O) groups is 2. The van der Waals surface area contributed by atoms with E-state index < -0.39 is 12.1 Å². The van der Waals surface area contributed by atoms with Crippen molar-refractivity contribution in [1.82, 2.24) is 15.2 Å². The molecule has 1 fully saturated rings. The van der Waals surface area contributed by atoms with Gasteiger partial charge in [0, 0.05) is 5.38 Å². The molecule has 2 amide bonds. The van der Waals surface area contributed by atoms with Crippen molar-refractivity contribution < 1.29 is 9.59 Å². The van der Waals surface area contributed by atoms with E-state index in [-0.39, 0.29) is 11.8 Å². The Morgan fingerprint density at radius 3 is 2.71 bits per heavy atom. The van der Waals surface area contributed by atoms with Crippen molar-refractivity contribution in [3.05, 3.63) is 52.5 Å². The lowest BCUT2D eigenvalue weighted by molar-refractivity contribution is -0.149. The maximum absolute atomic E-state index is 12.7. The molecule has 3 rings (SSSR count). The number of carbonyl (C=O) groups excluding carboxylic acids is 2. The number of rotatable bonds is 3. The van der Waals surface area contributed by atoms with Gasteiger partial charge in [0.1, 0.15) is 12.1 Å². The molecule has 0 spiro atoms. The fourth-order valence-electron chi connectivity index (χ4n) is 2.40. The zero-order valence-corrected chi connectivity index (χ0v) is 12.3. The van der Waals surface area contributed by atoms with E-state index in [0.717, 1.165) is 11.3 Å². The predicted molar refractivity (Wildman–Crippen MR) is 79.5 cm³/mol. The van der Waals surface area contributed by atoms with Crippen LogP contribution in [0.15, 0.2) is 41.2 Å². The summed E-state index contributed by atoms with van der Waals surface area (Å²) in [5, 5.41) is 4.69. The van der Waals surface area contributed by atoms with Crippen molar-refractivity contribution in [1.29, 1.82) is 0 Å². The van der Waals surface area contributed by atoms with E-state index in [4.69, 9.17) is 0 Å². The fraction of sp³-hybridized carbons (Fsp3) is 0.267. The quantitative estimate of drug-likeness (QED) is 0.939. The van der Waals surface area contributed by atoms with Crippen LogP contribution in [0.5, 0.6) is 0 Å². The molecular formula is C15H15N3O2S. The first-order chi connectivity index (χ1) is 10.2. The van der Waals surface area contributed by atoms with Gasteiger partial charge in [0.15, 0.2) is 0 Å². The number of amides is 2. The molecule has 2 atom stereocenters. The molecule has 1 aromatic carbocycles. The molecule has 1 aromatic heterocycles. The van der Waals surface area contributed by atoms with Crippen molar-refractivity contribution in [3.8, 4) is 0 Å². The molecule has 0 saturated carbocycles. The second-order valence-electron chi connectivity index (χ2n) is 4.97. The van der Waals surface area contributed by atoms with Gasteiger partial charge in [-0.15, -0.1) is 11.3 Å². The Hall–Kier alpha value is -2.21. The summed E-state index contributed by atoms with van der Waals surface area (Å²) in [5.41, 5.74) is 3.33. The number of hydrogen-bond donors (Lipinski definition) is 1. The Morgan fingerprint density at radius 2 is 2.05 bits per heavy atom. The lowest BCUT2D eigenvalue weighted by Gasteiger charge is -2.37. The van der Waals surface area contributed by atoms with Crippen LogP contribution in [0.4, 0.5) is 0 Å². The van der Waals surface area contributed by atoms with Crippen molar-refractivity contribution >= 4 is 23.2 Å². The highest BCUT2D eigenvalue weighted by molar-refractivity contribution is 7.07. The summed E-state index contributed by atoms with van der Waals surface area (Å²) in [6.07, 6.45) is 0. The highest BCUT2D eigenvalue weighted by Gasteiger charge is 2.38. The molecule has 6 heteroatoms. The molecule has 1 aliphatic heterocycles. The third-order valence-corrected chi connectivity index (χ3v) is 4.25. The normalized spacial score (nSPS) is 22.2. The molecule has 1 N–H and O–H groups in total. The minimum Gasteiger partial charge on any atom is -0.339 e. The maximum Gasteiger partial charge on any atom is 0.250 e. The fourth-order valence-corrected chi connectivity index (χ4v) is 2.95. The second-order valence-corrected chi connectivity index (χ2v) is 5.69. The Bertz CT molecular complexity index is 642. The van der Waals surface area contributed by atoms with E-state index in [9.17, 15) is 9.59 Å². The minimum absolute atomic E-state index is 0.0960. The first-order valence-corrected chi connectivity index (χ1v) is 7.64. The van der Waals surface area contributed by atoms with Gasteiger partial charge in [-0.05, 0) is 12.5 Å². The number of aromatic nitrogens is 1. The zero-order chi connectivity index (χ0) is 14.8. The molecule has 0 radical (unpaired) electrons. The van der Waals surface area contributed by atoms with Gasteiger partial charge in [0.25, 0.3) is 5.91 Å². The van der Waals surface area contributed by atoms with E-state index in [2.05, 4.69) is 10.3 Å². The number of nitrogens with one attached hydrogen (secondary N) is 1. The van der Waals surface area contributed by atoms with E-state index >= 15 is 0 Å². The smallest absolute Gasteiger partial charge is 0.250 e. The number of benzene rings is 1. The lowest BCUT2D eigenvalue weighted by atomic mass is 10.0. The standard InChI is InChI=1S/C15H15N3O2S/c1-10-14(19)17-13(11-5-3-2-4-6-11)15(20)18(10)7-12-8-21-9-16-12/h2-6,8-10,13H,7H2,1H3,(H,17,19). The van der Waals surface area contributed by atoms with Crippen LogP contribution in [0, 0.1) is 0 Å². The summed E-state index contributed by atoms with van der Waals surface area (Å²) in [6.45, 7) is 2.10. The minimum atomic E-state index is -0.617. The average molecular weight is 301 g/mol. The van der Waals surface area contributed by atoms with Gasteiger partial charge >= 0.3 is 0 Å². The molecule has 2 heterocycles. The summed E-state index contributed by atoms with van der Waals surface area (Å²) >= 11 is 1.48. The highest BCUT2D eigenvalue weighted by Crippen LogP contribution is 2.23. The third-order valence-electron chi connectivity index (χ3n) is 3.61. The molecule has 21 heavy (non-hydrogen) atoms. The van der Waals surface area contributed by atoms with Gasteiger partial charge in [0.05, 0.1) is 17.7 Å². The maximum atomic E-state index is 12.7. The molecule has 108 valence electrons. The van der Waals surface area contributed by atoms with Crippen LogP contribution >= 0.6 is 11.3 Å². The molecule has 2 unspecified atom stereocenters. The van der Waals surface area contributed by atoms with Gasteiger partial charge in [-0.3, -0.25) is 9.59 Å². The van der Waals surface area contributed by atoms with Gasteiger partial charge < -0.3 is 10.2 Å². The molecule has 0 bridgehead atoms. The Morgan fingerprint density at radius 1 is 1.29 bits per heavy atom. The summed E-state index contributed by atoms with van der Waals surface area (Å²) in [7, 11) is 0. The van der Waals surface area contributed by atoms with Gasteiger partial charge in [-0.2, -0.15) is 0 Å². The van der Waals surface area contributed by atoms with Crippen LogP contribution in [0.25, 0.3) is 0 Å². The SMILES string of the molecule is CC1C(=O)NC(c2ccccc2)C(=O)N1Cc1cscn1. The highest BCUT2D eigenvalue weighted by atomic mass is 32.1. The average Bonchev–Trinajstić information content (AvgIpc) is 3.01. The molecule has 5 nitrogen and oxygen atoms in total. The summed E-state index contributed by atoms with van der Waals surface area (Å²) in [5.74, 6) is -0.236. The van der Waals surface area contributed by atoms with Crippen LogP contribution < -0.4 is 5.32 Å². The van der Waals surface area contributed by atoms with E-state index in [1.807, 2.05) is 35.7 Å². The molecule has 0 aliphatic carbocycles. The van der Waals surface area contributed by atoms with E-state index in [1.54, 1.807) is 17.3 Å². The summed E-state index contributed by atoms with van der Waals surface area (Å²) < 4.78 is 0. The van der Waals surface area contributed by atoms with Crippen molar-refractivity contribution in [2.45, 2.75) is 25.6 Å². The third kappa shape index (κ3) is 2.67. The van der Waals surface area contributed by atoms with Crippen LogP contribution in [0.2, 0.25) is 0 Å². The Labute approximate surface area is 126 Å². The predicted octanol–water partition coefficient (Wildman–Crippen LogP) is 1.73. The molecular weight excluding hydrogens is 286 g/mol. The summed E-state index contributed by atoms with van der Waals surface area (Å²) in [4.78, 5) is 30.6. The monoisotopic (exact) mass is 301 g/mol. The second kappa shape index (κ2) is 5.65. The molecule has 1 saturated heterocycles. The van der Waals surface area contributed by atoms with Crippen molar-refractivity contribution in [3.63, 3.8) is 0 Å². The van der Waals surface area contributed by atoms with Crippen LogP contribution in [0.1, 0.15) is 24.2 Å². The van der Waals surface area contributed by atoms with E-state index in [1.165, 1.54) is 11.3 Å². The van der Waals surface area contributed by atoms with Gasteiger partial charge in [-0.1, -0.05) is 30.3 Å². The summed E-state index contributed by atoms with van der Waals surface area (Å²) in [6, 6.07) is 8.19. The van der Waals surface area contributed by atoms with Crippen molar-refractivity contribution in [2.24, 2.45) is 0 Å². The molecule has 1 aliphatic rings. The van der Waals surface area contributed by atoms with Crippen LogP contribution in [-0.4, -0.2) is 27.7 Å². The Balaban J connectivity index is 1.88. The number of thiazole rings is 1.